The fourth-order valence-corrected chi connectivity index (χ4v) is 2.37. The van der Waals surface area contributed by atoms with Crippen LogP contribution in [0, 0.1) is 0 Å². The van der Waals surface area contributed by atoms with Gasteiger partial charge in [-0.15, -0.1) is 0 Å². The van der Waals surface area contributed by atoms with Gasteiger partial charge in [0.25, 0.3) is 0 Å². The summed E-state index contributed by atoms with van der Waals surface area (Å²) in [5, 5.41) is 32.1. The summed E-state index contributed by atoms with van der Waals surface area (Å²) in [5.74, 6) is 0. The Kier molecular flexibility index (Phi) is 7.21. The highest BCUT2D eigenvalue weighted by atomic mass is 35.5. The van der Waals surface area contributed by atoms with Crippen molar-refractivity contribution in [1.82, 2.24) is 5.32 Å². The second kappa shape index (κ2) is 9.39. The summed E-state index contributed by atoms with van der Waals surface area (Å²) in [4.78, 5) is 11.6. The van der Waals surface area contributed by atoms with E-state index in [1.807, 2.05) is 30.3 Å². The van der Waals surface area contributed by atoms with Crippen LogP contribution in [0.2, 0.25) is 5.02 Å². The third-order valence-electron chi connectivity index (χ3n) is 3.61. The van der Waals surface area contributed by atoms with Gasteiger partial charge in [-0.3, -0.25) is 0 Å². The van der Waals surface area contributed by atoms with Crippen LogP contribution in [-0.2, 0) is 18.0 Å². The van der Waals surface area contributed by atoms with Gasteiger partial charge in [0, 0.05) is 11.6 Å². The van der Waals surface area contributed by atoms with Gasteiger partial charge in [-0.2, -0.15) is 0 Å². The van der Waals surface area contributed by atoms with Crippen molar-refractivity contribution in [3.63, 3.8) is 0 Å². The molecule has 0 bridgehead atoms. The maximum atomic E-state index is 11.6. The Morgan fingerprint density at radius 2 is 1.88 bits per heavy atom. The molecule has 6 nitrogen and oxygen atoms in total. The number of alkyl carbamates (subject to hydrolysis) is 1. The number of halogens is 1. The first-order valence-corrected chi connectivity index (χ1v) is 8.09. The molecule has 25 heavy (non-hydrogen) atoms. The fourth-order valence-electron chi connectivity index (χ4n) is 2.20. The fraction of sp³-hybridized carbons (Fsp3) is 0.278. The minimum atomic E-state index is -1.24. The van der Waals surface area contributed by atoms with Crippen LogP contribution in [0.5, 0.6) is 0 Å². The summed E-state index contributed by atoms with van der Waals surface area (Å²) in [6, 6.07) is 13.8. The molecule has 2 rings (SSSR count). The predicted octanol–water partition coefficient (Wildman–Crippen LogP) is 2.15. The van der Waals surface area contributed by atoms with Crippen molar-refractivity contribution in [2.45, 2.75) is 25.4 Å². The Balaban J connectivity index is 1.82. The average Bonchev–Trinajstić information content (AvgIpc) is 2.65. The molecule has 7 heteroatoms. The second-order valence-electron chi connectivity index (χ2n) is 5.46. The molecule has 0 saturated carbocycles. The number of aliphatic hydroxyl groups excluding tert-OH is 3. The summed E-state index contributed by atoms with van der Waals surface area (Å²) in [6.07, 6.45) is -3.17. The largest absolute Gasteiger partial charge is 0.445 e. The van der Waals surface area contributed by atoms with Gasteiger partial charge in [-0.1, -0.05) is 48.0 Å². The van der Waals surface area contributed by atoms with Gasteiger partial charge in [-0.25, -0.2) is 4.79 Å². The first kappa shape index (κ1) is 19.2. The molecule has 134 valence electrons. The molecule has 0 aliphatic heterocycles. The molecule has 0 aliphatic rings. The van der Waals surface area contributed by atoms with E-state index in [1.54, 1.807) is 6.07 Å². The van der Waals surface area contributed by atoms with E-state index in [0.29, 0.717) is 16.1 Å². The highest BCUT2D eigenvalue weighted by Crippen LogP contribution is 2.23. The van der Waals surface area contributed by atoms with E-state index in [9.17, 15) is 20.1 Å². The lowest BCUT2D eigenvalue weighted by Gasteiger charge is -2.19. The van der Waals surface area contributed by atoms with Crippen molar-refractivity contribution in [2.24, 2.45) is 0 Å². The first-order chi connectivity index (χ1) is 12.0. The average molecular weight is 366 g/mol. The maximum absolute atomic E-state index is 11.6. The molecular formula is C18H20ClNO5. The Hall–Kier alpha value is -2.12. The lowest BCUT2D eigenvalue weighted by atomic mass is 10.0. The van der Waals surface area contributed by atoms with Crippen LogP contribution in [0.25, 0.3) is 0 Å². The maximum Gasteiger partial charge on any atom is 0.407 e. The molecule has 2 aromatic rings. The highest BCUT2D eigenvalue weighted by Gasteiger charge is 2.20. The van der Waals surface area contributed by atoms with E-state index >= 15 is 0 Å². The van der Waals surface area contributed by atoms with Crippen molar-refractivity contribution < 1.29 is 24.9 Å². The second-order valence-corrected chi connectivity index (χ2v) is 5.87. The topological polar surface area (TPSA) is 99.0 Å². The van der Waals surface area contributed by atoms with Crippen LogP contribution in [0.4, 0.5) is 4.79 Å². The number of hydrogen-bond donors (Lipinski definition) is 4. The molecule has 0 heterocycles. The van der Waals surface area contributed by atoms with Crippen LogP contribution >= 0.6 is 11.6 Å². The zero-order valence-corrected chi connectivity index (χ0v) is 14.2. The van der Waals surface area contributed by atoms with Gasteiger partial charge in [0.15, 0.2) is 0 Å². The van der Waals surface area contributed by atoms with Gasteiger partial charge in [0.1, 0.15) is 18.8 Å². The number of hydrogen-bond acceptors (Lipinski definition) is 5. The lowest BCUT2D eigenvalue weighted by Crippen LogP contribution is -2.35. The van der Waals surface area contributed by atoms with Crippen LogP contribution < -0.4 is 5.32 Å². The summed E-state index contributed by atoms with van der Waals surface area (Å²) in [5.41, 5.74) is 1.68. The number of amides is 1. The summed E-state index contributed by atoms with van der Waals surface area (Å²) in [7, 11) is 0. The predicted molar refractivity (Wildman–Crippen MR) is 93.0 cm³/mol. The number of carbonyl (C=O) groups is 1. The molecule has 0 fully saturated rings. The monoisotopic (exact) mass is 365 g/mol. The summed E-state index contributed by atoms with van der Waals surface area (Å²) < 4.78 is 5.02. The standard InChI is InChI=1S/C18H20ClNO5/c19-15-7-6-13(8-14(15)10-21)17(23)16(22)9-20-18(24)25-11-12-4-2-1-3-5-12/h1-8,16-17,21-23H,9-11H2,(H,20,24). The molecule has 0 saturated heterocycles. The Morgan fingerprint density at radius 3 is 2.56 bits per heavy atom. The van der Waals surface area contributed by atoms with Crippen LogP contribution in [0.1, 0.15) is 22.8 Å². The van der Waals surface area contributed by atoms with Gasteiger partial charge in [0.05, 0.1) is 6.61 Å². The van der Waals surface area contributed by atoms with Crippen LogP contribution in [-0.4, -0.2) is 34.1 Å². The van der Waals surface area contributed by atoms with E-state index in [0.717, 1.165) is 5.56 Å². The zero-order chi connectivity index (χ0) is 18.2. The molecular weight excluding hydrogens is 346 g/mol. The molecule has 2 unspecified atom stereocenters. The Labute approximate surface area is 150 Å². The molecule has 0 spiro atoms. The smallest absolute Gasteiger partial charge is 0.407 e. The molecule has 0 aliphatic carbocycles. The van der Waals surface area contributed by atoms with E-state index in [-0.39, 0.29) is 19.8 Å². The van der Waals surface area contributed by atoms with Crippen LogP contribution in [0.15, 0.2) is 48.5 Å². The number of aliphatic hydroxyl groups is 3. The van der Waals surface area contributed by atoms with Gasteiger partial charge in [-0.05, 0) is 28.8 Å². The van der Waals surface area contributed by atoms with E-state index < -0.39 is 18.3 Å². The zero-order valence-electron chi connectivity index (χ0n) is 13.4. The number of rotatable bonds is 7. The quantitative estimate of drug-likeness (QED) is 0.602. The number of nitrogens with one attached hydrogen (secondary N) is 1. The Morgan fingerprint density at radius 1 is 1.16 bits per heavy atom. The highest BCUT2D eigenvalue weighted by molar-refractivity contribution is 6.31. The SMILES string of the molecule is O=C(NCC(O)C(O)c1ccc(Cl)c(CO)c1)OCc1ccccc1. The van der Waals surface area contributed by atoms with Gasteiger partial charge in [0.2, 0.25) is 0 Å². The van der Waals surface area contributed by atoms with Gasteiger partial charge < -0.3 is 25.4 Å². The normalized spacial score (nSPS) is 13.1. The molecule has 1 amide bonds. The first-order valence-electron chi connectivity index (χ1n) is 7.71. The van der Waals surface area contributed by atoms with E-state index in [1.165, 1.54) is 12.1 Å². The number of benzene rings is 2. The van der Waals surface area contributed by atoms with Crippen molar-refractivity contribution >= 4 is 17.7 Å². The molecule has 0 radical (unpaired) electrons. The van der Waals surface area contributed by atoms with Crippen molar-refractivity contribution in [3.05, 3.63) is 70.2 Å². The number of ether oxygens (including phenoxy) is 1. The molecule has 2 aromatic carbocycles. The van der Waals surface area contributed by atoms with Gasteiger partial charge >= 0.3 is 6.09 Å². The minimum Gasteiger partial charge on any atom is -0.445 e. The molecule has 2 atom stereocenters. The third-order valence-corrected chi connectivity index (χ3v) is 3.98. The third kappa shape index (κ3) is 5.72. The summed E-state index contributed by atoms with van der Waals surface area (Å²) >= 11 is 5.89. The lowest BCUT2D eigenvalue weighted by molar-refractivity contribution is 0.0183. The Bertz CT molecular complexity index is 695. The molecule has 4 N–H and O–H groups in total. The van der Waals surface area contributed by atoms with E-state index in [2.05, 4.69) is 5.32 Å². The summed E-state index contributed by atoms with van der Waals surface area (Å²) in [6.45, 7) is -0.353. The minimum absolute atomic E-state index is 0.113. The molecule has 0 aromatic heterocycles. The van der Waals surface area contributed by atoms with Crippen molar-refractivity contribution in [3.8, 4) is 0 Å². The van der Waals surface area contributed by atoms with Crippen molar-refractivity contribution in [1.29, 1.82) is 0 Å². The van der Waals surface area contributed by atoms with Crippen LogP contribution in [0.3, 0.4) is 0 Å². The number of carbonyl (C=O) groups excluding carboxylic acids is 1. The van der Waals surface area contributed by atoms with E-state index in [4.69, 9.17) is 16.3 Å². The van der Waals surface area contributed by atoms with Crippen molar-refractivity contribution in [2.75, 3.05) is 6.54 Å².